The zero-order valence-corrected chi connectivity index (χ0v) is 66.9. The number of carbonyl (C=O) groups excluding carboxylic acids is 1. The molecule has 106 heavy (non-hydrogen) atoms. The van der Waals surface area contributed by atoms with Crippen molar-refractivity contribution in [2.75, 3.05) is 26.4 Å². The summed E-state index contributed by atoms with van der Waals surface area (Å²) in [6, 6.07) is -0.975. The lowest BCUT2D eigenvalue weighted by Crippen LogP contribution is -2.66. The molecule has 622 valence electrons. The number of aliphatic hydroxyl groups excluding tert-OH is 11. The third kappa shape index (κ3) is 46.1. The van der Waals surface area contributed by atoms with Gasteiger partial charge in [0, 0.05) is 6.42 Å². The van der Waals surface area contributed by atoms with Gasteiger partial charge in [-0.05, 0) is 57.8 Å². The molecule has 0 aromatic rings. The van der Waals surface area contributed by atoms with Gasteiger partial charge in [0.15, 0.2) is 18.9 Å². The van der Waals surface area contributed by atoms with Crippen LogP contribution in [0.1, 0.15) is 367 Å². The molecular weight excluding hydrogens is 1350 g/mol. The van der Waals surface area contributed by atoms with Crippen LogP contribution in [0.4, 0.5) is 0 Å². The first-order chi connectivity index (χ1) is 51.8. The standard InChI is InChI=1S/C87H161NO18/c1-3-5-7-9-11-13-15-17-19-21-23-25-27-29-31-32-33-34-35-36-37-38-39-41-43-45-47-49-51-53-55-57-59-61-63-65-75(93)88-70(71(92)64-62-60-58-56-54-52-50-48-46-44-42-40-30-28-26-24-22-20-18-16-14-12-10-8-6-4-2)69-101-85-81(99)78(96)83(73(67-90)103-85)106-87-82(100)79(97)84(74(68-91)104-87)105-86-80(98)77(95)76(94)72(66-89)102-86/h15,17,21,23,27,29,62,64,70-74,76-87,89-92,94-100H,3-14,16,18-20,22,24-26,28,30-61,63,65-69H2,1-2H3,(H,88,93)/b17-15-,23-21-,29-27-,64-62+. The van der Waals surface area contributed by atoms with Gasteiger partial charge in [-0.1, -0.05) is 351 Å². The zero-order chi connectivity index (χ0) is 76.7. The fraction of sp³-hybridized carbons (Fsp3) is 0.897. The number of hydrogen-bond acceptors (Lipinski definition) is 18. The average molecular weight is 1510 g/mol. The number of unbranched alkanes of at least 4 members (excludes halogenated alkanes) is 49. The summed E-state index contributed by atoms with van der Waals surface area (Å²) >= 11 is 0. The molecule has 1 amide bonds. The summed E-state index contributed by atoms with van der Waals surface area (Å²) in [6.45, 7) is 1.78. The molecule has 19 nitrogen and oxygen atoms in total. The number of aliphatic hydroxyl groups is 11. The van der Waals surface area contributed by atoms with Gasteiger partial charge in [-0.2, -0.15) is 0 Å². The lowest BCUT2D eigenvalue weighted by Gasteiger charge is -2.48. The zero-order valence-electron chi connectivity index (χ0n) is 66.9. The maximum Gasteiger partial charge on any atom is 0.220 e. The van der Waals surface area contributed by atoms with E-state index in [0.29, 0.717) is 6.42 Å². The van der Waals surface area contributed by atoms with Gasteiger partial charge in [-0.15, -0.1) is 0 Å². The first-order valence-corrected chi connectivity index (χ1v) is 43.9. The van der Waals surface area contributed by atoms with Gasteiger partial charge in [0.05, 0.1) is 38.6 Å². The average Bonchev–Trinajstić information content (AvgIpc) is 0.779. The van der Waals surface area contributed by atoms with Crippen molar-refractivity contribution < 1.29 is 89.4 Å². The van der Waals surface area contributed by atoms with Crippen LogP contribution in [-0.4, -0.2) is 193 Å². The first-order valence-electron chi connectivity index (χ1n) is 43.9. The third-order valence-corrected chi connectivity index (χ3v) is 21.9. The van der Waals surface area contributed by atoms with Crippen molar-refractivity contribution in [3.05, 3.63) is 48.6 Å². The van der Waals surface area contributed by atoms with Crippen molar-refractivity contribution in [2.24, 2.45) is 0 Å². The van der Waals surface area contributed by atoms with Gasteiger partial charge in [0.25, 0.3) is 0 Å². The quantitative estimate of drug-likeness (QED) is 0.0199. The Morgan fingerprint density at radius 3 is 0.972 bits per heavy atom. The van der Waals surface area contributed by atoms with Crippen LogP contribution >= 0.6 is 0 Å². The minimum Gasteiger partial charge on any atom is -0.394 e. The molecule has 3 rings (SSSR count). The van der Waals surface area contributed by atoms with Crippen LogP contribution in [0.25, 0.3) is 0 Å². The van der Waals surface area contributed by atoms with E-state index in [1.165, 1.54) is 283 Å². The first kappa shape index (κ1) is 97.9. The van der Waals surface area contributed by atoms with Crippen LogP contribution in [0.2, 0.25) is 0 Å². The molecule has 17 unspecified atom stereocenters. The highest BCUT2D eigenvalue weighted by atomic mass is 16.8. The molecule has 0 bridgehead atoms. The van der Waals surface area contributed by atoms with E-state index >= 15 is 0 Å². The summed E-state index contributed by atoms with van der Waals surface area (Å²) in [7, 11) is 0. The van der Waals surface area contributed by atoms with Crippen molar-refractivity contribution in [1.29, 1.82) is 0 Å². The Balaban J connectivity index is 1.33. The van der Waals surface area contributed by atoms with E-state index in [9.17, 15) is 61.0 Å². The van der Waals surface area contributed by atoms with E-state index in [1.807, 2.05) is 6.08 Å². The lowest BCUT2D eigenvalue weighted by atomic mass is 9.96. The van der Waals surface area contributed by atoms with Crippen molar-refractivity contribution in [1.82, 2.24) is 5.32 Å². The molecule has 0 aromatic carbocycles. The molecular formula is C87H161NO18. The summed E-state index contributed by atoms with van der Waals surface area (Å²) in [5.41, 5.74) is 0. The number of carbonyl (C=O) groups is 1. The highest BCUT2D eigenvalue weighted by molar-refractivity contribution is 5.76. The lowest BCUT2D eigenvalue weighted by molar-refractivity contribution is -0.379. The number of ether oxygens (including phenoxy) is 6. The summed E-state index contributed by atoms with van der Waals surface area (Å²) in [5, 5.41) is 121. The predicted molar refractivity (Wildman–Crippen MR) is 425 cm³/mol. The molecule has 17 atom stereocenters. The summed E-state index contributed by atoms with van der Waals surface area (Å²) < 4.78 is 34.5. The summed E-state index contributed by atoms with van der Waals surface area (Å²) in [4.78, 5) is 13.5. The summed E-state index contributed by atoms with van der Waals surface area (Å²) in [6.07, 6.45) is 59.7. The highest BCUT2D eigenvalue weighted by Crippen LogP contribution is 2.33. The Hall–Kier alpha value is -2.25. The largest absolute Gasteiger partial charge is 0.394 e. The number of rotatable bonds is 71. The van der Waals surface area contributed by atoms with Gasteiger partial charge >= 0.3 is 0 Å². The van der Waals surface area contributed by atoms with Gasteiger partial charge < -0.3 is 89.9 Å². The number of amides is 1. The molecule has 0 aromatic heterocycles. The Morgan fingerprint density at radius 2 is 0.623 bits per heavy atom. The normalized spacial score (nSPS) is 25.8. The minimum atomic E-state index is -1.98. The van der Waals surface area contributed by atoms with Crippen molar-refractivity contribution >= 4 is 5.91 Å². The molecule has 0 radical (unpaired) electrons. The fourth-order valence-corrected chi connectivity index (χ4v) is 14.9. The predicted octanol–water partition coefficient (Wildman–Crippen LogP) is 16.0. The molecule has 3 heterocycles. The van der Waals surface area contributed by atoms with Gasteiger partial charge in [-0.25, -0.2) is 0 Å². The van der Waals surface area contributed by atoms with Crippen molar-refractivity contribution in [3.63, 3.8) is 0 Å². The van der Waals surface area contributed by atoms with Gasteiger partial charge in [0.1, 0.15) is 73.2 Å². The minimum absolute atomic E-state index is 0.246. The molecule has 3 fully saturated rings. The van der Waals surface area contributed by atoms with E-state index in [1.54, 1.807) is 6.08 Å². The second-order valence-electron chi connectivity index (χ2n) is 31.4. The van der Waals surface area contributed by atoms with E-state index in [0.717, 1.165) is 57.8 Å². The highest BCUT2D eigenvalue weighted by Gasteiger charge is 2.54. The molecule has 0 aliphatic carbocycles. The van der Waals surface area contributed by atoms with E-state index in [4.69, 9.17) is 28.4 Å². The van der Waals surface area contributed by atoms with Crippen molar-refractivity contribution in [2.45, 2.75) is 471 Å². The Bertz CT molecular complexity index is 2100. The smallest absolute Gasteiger partial charge is 0.220 e. The van der Waals surface area contributed by atoms with Crippen LogP contribution in [0.15, 0.2) is 48.6 Å². The molecule has 19 heteroatoms. The molecule has 0 saturated carbocycles. The second-order valence-corrected chi connectivity index (χ2v) is 31.4. The molecule has 12 N–H and O–H groups in total. The van der Waals surface area contributed by atoms with E-state index < -0.39 is 124 Å². The van der Waals surface area contributed by atoms with Crippen LogP contribution in [0.5, 0.6) is 0 Å². The van der Waals surface area contributed by atoms with Crippen LogP contribution in [0, 0.1) is 0 Å². The van der Waals surface area contributed by atoms with Crippen LogP contribution < -0.4 is 5.32 Å². The van der Waals surface area contributed by atoms with Gasteiger partial charge in [-0.3, -0.25) is 4.79 Å². The molecule has 0 spiro atoms. The number of nitrogens with one attached hydrogen (secondary N) is 1. The Kier molecular flexibility index (Phi) is 62.2. The topological polar surface area (TPSA) is 307 Å². The Labute approximate surface area is 643 Å². The van der Waals surface area contributed by atoms with Crippen LogP contribution in [0.3, 0.4) is 0 Å². The van der Waals surface area contributed by atoms with E-state index in [-0.39, 0.29) is 18.9 Å². The third-order valence-electron chi connectivity index (χ3n) is 21.9. The van der Waals surface area contributed by atoms with E-state index in [2.05, 4.69) is 55.6 Å². The maximum atomic E-state index is 13.5. The van der Waals surface area contributed by atoms with Crippen molar-refractivity contribution in [3.8, 4) is 0 Å². The molecule has 3 aliphatic rings. The number of hydrogen-bond donors (Lipinski definition) is 12. The SMILES string of the molecule is CCCCCCC/C=C\C/C=C\C/C=C\CCCCCCCCCCCCCCCCCCCCCCC(=O)NC(COC1OC(CO)C(OC2OC(CO)C(OC3OC(CO)C(O)C(O)C3O)C(O)C2O)C(O)C1O)C(O)/C=C/CCCCCCCCCCCCCCCCCCCCCCCCCC. The summed E-state index contributed by atoms with van der Waals surface area (Å²) in [5.74, 6) is -0.269. The molecule has 3 saturated heterocycles. The van der Waals surface area contributed by atoms with Gasteiger partial charge in [0.2, 0.25) is 5.91 Å². The second kappa shape index (κ2) is 67.3. The fourth-order valence-electron chi connectivity index (χ4n) is 14.9. The maximum absolute atomic E-state index is 13.5. The number of allylic oxidation sites excluding steroid dienone is 7. The monoisotopic (exact) mass is 1510 g/mol. The Morgan fingerprint density at radius 1 is 0.340 bits per heavy atom. The molecule has 3 aliphatic heterocycles. The van der Waals surface area contributed by atoms with Crippen LogP contribution in [-0.2, 0) is 33.2 Å².